The average Bonchev–Trinajstić information content (AvgIpc) is 2.65. The Morgan fingerprint density at radius 2 is 1.94 bits per heavy atom. The number of rotatable bonds is 1. The Balaban J connectivity index is 2.44. The van der Waals surface area contributed by atoms with Crippen molar-refractivity contribution >= 4 is 0 Å². The van der Waals surface area contributed by atoms with Gasteiger partial charge in [-0.1, -0.05) is 13.8 Å². The summed E-state index contributed by atoms with van der Waals surface area (Å²) in [6.45, 7) is 3.76. The molecule has 1 aliphatic carbocycles. The maximum Gasteiger partial charge on any atom is 0.418 e. The number of hydrogen-bond acceptors (Lipinski definition) is 2. The molecule has 0 radical (unpaired) electrons. The van der Waals surface area contributed by atoms with E-state index < -0.39 is 11.7 Å². The molecule has 1 aromatic heterocycles. The van der Waals surface area contributed by atoms with E-state index in [1.54, 1.807) is 0 Å². The minimum absolute atomic E-state index is 0.212. The second-order valence-electron chi connectivity index (χ2n) is 4.79. The van der Waals surface area contributed by atoms with Crippen molar-refractivity contribution in [2.24, 2.45) is 11.1 Å². The molecule has 1 heterocycles. The van der Waals surface area contributed by atoms with Gasteiger partial charge in [-0.05, 0) is 17.0 Å². The van der Waals surface area contributed by atoms with Gasteiger partial charge in [-0.15, -0.1) is 0 Å². The van der Waals surface area contributed by atoms with Gasteiger partial charge in [-0.3, -0.25) is 4.98 Å². The summed E-state index contributed by atoms with van der Waals surface area (Å²) in [5.41, 5.74) is 5.14. The topological polar surface area (TPSA) is 38.9 Å². The molecule has 2 nitrogen and oxygen atoms in total. The van der Waals surface area contributed by atoms with Gasteiger partial charge in [0, 0.05) is 24.4 Å². The van der Waals surface area contributed by atoms with Crippen molar-refractivity contribution < 1.29 is 13.2 Å². The van der Waals surface area contributed by atoms with Crippen molar-refractivity contribution in [2.45, 2.75) is 32.0 Å². The van der Waals surface area contributed by atoms with Crippen LogP contribution in [0.3, 0.4) is 0 Å². The Bertz CT molecular complexity index is 412. The lowest BCUT2D eigenvalue weighted by molar-refractivity contribution is -0.138. The Morgan fingerprint density at radius 1 is 1.38 bits per heavy atom. The van der Waals surface area contributed by atoms with Crippen LogP contribution in [0, 0.1) is 5.41 Å². The highest BCUT2D eigenvalue weighted by Crippen LogP contribution is 2.58. The molecule has 0 amide bonds. The van der Waals surface area contributed by atoms with Gasteiger partial charge in [-0.25, -0.2) is 0 Å². The summed E-state index contributed by atoms with van der Waals surface area (Å²) in [6, 6.07) is 1.21. The molecule has 0 aliphatic heterocycles. The lowest BCUT2D eigenvalue weighted by atomic mass is 9.99. The monoisotopic (exact) mass is 230 g/mol. The first kappa shape index (κ1) is 11.4. The fourth-order valence-corrected chi connectivity index (χ4v) is 2.19. The van der Waals surface area contributed by atoms with E-state index in [9.17, 15) is 13.2 Å². The quantitative estimate of drug-likeness (QED) is 0.805. The van der Waals surface area contributed by atoms with E-state index in [4.69, 9.17) is 5.73 Å². The predicted octanol–water partition coefficient (Wildman–Crippen LogP) is 2.55. The third kappa shape index (κ3) is 1.59. The summed E-state index contributed by atoms with van der Waals surface area (Å²) in [6.07, 6.45) is -2.11. The molecule has 1 aromatic rings. The maximum atomic E-state index is 12.7. The van der Waals surface area contributed by atoms with E-state index in [-0.39, 0.29) is 22.9 Å². The average molecular weight is 230 g/mol. The number of aromatic nitrogens is 1. The SMILES string of the molecule is CC1(C)[C@H](N)[C@H]1c1ccncc1C(F)(F)F. The highest BCUT2D eigenvalue weighted by molar-refractivity contribution is 5.39. The van der Waals surface area contributed by atoms with Crippen molar-refractivity contribution in [1.29, 1.82) is 0 Å². The largest absolute Gasteiger partial charge is 0.418 e. The molecule has 2 atom stereocenters. The van der Waals surface area contributed by atoms with Crippen LogP contribution in [0.15, 0.2) is 18.5 Å². The van der Waals surface area contributed by atoms with E-state index in [0.29, 0.717) is 0 Å². The first-order valence-electron chi connectivity index (χ1n) is 5.03. The number of halogens is 3. The van der Waals surface area contributed by atoms with Gasteiger partial charge in [0.25, 0.3) is 0 Å². The van der Waals surface area contributed by atoms with E-state index in [1.807, 2.05) is 13.8 Å². The van der Waals surface area contributed by atoms with E-state index in [2.05, 4.69) is 4.98 Å². The van der Waals surface area contributed by atoms with Crippen molar-refractivity contribution in [3.8, 4) is 0 Å². The zero-order chi connectivity index (χ0) is 12.1. The van der Waals surface area contributed by atoms with Crippen molar-refractivity contribution in [1.82, 2.24) is 4.98 Å². The fourth-order valence-electron chi connectivity index (χ4n) is 2.19. The molecule has 0 unspecified atom stereocenters. The summed E-state index contributed by atoms with van der Waals surface area (Å²) in [5.74, 6) is -0.230. The fraction of sp³-hybridized carbons (Fsp3) is 0.545. The molecule has 16 heavy (non-hydrogen) atoms. The molecule has 0 bridgehead atoms. The maximum absolute atomic E-state index is 12.7. The van der Waals surface area contributed by atoms with Crippen LogP contribution in [-0.2, 0) is 6.18 Å². The van der Waals surface area contributed by atoms with Crippen LogP contribution in [0.4, 0.5) is 13.2 Å². The summed E-state index contributed by atoms with van der Waals surface area (Å²) in [5, 5.41) is 0. The van der Waals surface area contributed by atoms with Gasteiger partial charge >= 0.3 is 6.18 Å². The first-order chi connectivity index (χ1) is 7.26. The number of nitrogens with zero attached hydrogens (tertiary/aromatic N) is 1. The summed E-state index contributed by atoms with van der Waals surface area (Å²) in [4.78, 5) is 3.53. The molecule has 2 rings (SSSR count). The van der Waals surface area contributed by atoms with Gasteiger partial charge in [0.1, 0.15) is 0 Å². The van der Waals surface area contributed by atoms with Gasteiger partial charge in [0.05, 0.1) is 5.56 Å². The van der Waals surface area contributed by atoms with Gasteiger partial charge in [0.2, 0.25) is 0 Å². The Morgan fingerprint density at radius 3 is 2.38 bits per heavy atom. The molecule has 5 heteroatoms. The molecule has 2 N–H and O–H groups in total. The summed E-state index contributed by atoms with van der Waals surface area (Å²) >= 11 is 0. The Hall–Kier alpha value is -1.10. The molecule has 88 valence electrons. The van der Waals surface area contributed by atoms with Crippen LogP contribution in [0.5, 0.6) is 0 Å². The first-order valence-corrected chi connectivity index (χ1v) is 5.03. The van der Waals surface area contributed by atoms with Crippen LogP contribution < -0.4 is 5.73 Å². The van der Waals surface area contributed by atoms with Gasteiger partial charge < -0.3 is 5.73 Å². The molecule has 1 saturated carbocycles. The summed E-state index contributed by atoms with van der Waals surface area (Å²) in [7, 11) is 0. The minimum Gasteiger partial charge on any atom is -0.327 e. The second kappa shape index (κ2) is 3.20. The van der Waals surface area contributed by atoms with Crippen LogP contribution in [0.2, 0.25) is 0 Å². The van der Waals surface area contributed by atoms with E-state index >= 15 is 0 Å². The van der Waals surface area contributed by atoms with Crippen LogP contribution in [-0.4, -0.2) is 11.0 Å². The molecule has 1 aliphatic rings. The highest BCUT2D eigenvalue weighted by atomic mass is 19.4. The normalized spacial score (nSPS) is 27.9. The predicted molar refractivity (Wildman–Crippen MR) is 53.7 cm³/mol. The molecular formula is C11H13F3N2. The molecule has 0 aromatic carbocycles. The third-order valence-corrected chi connectivity index (χ3v) is 3.41. The molecular weight excluding hydrogens is 217 g/mol. The smallest absolute Gasteiger partial charge is 0.327 e. The standard InChI is InChI=1S/C11H13F3N2/c1-10(2)8(9(10)15)6-3-4-16-5-7(6)11(12,13)14/h3-5,8-9H,15H2,1-2H3/t8-,9-/m1/s1. The second-order valence-corrected chi connectivity index (χ2v) is 4.79. The number of hydrogen-bond donors (Lipinski definition) is 1. The summed E-state index contributed by atoms with van der Waals surface area (Å²) < 4.78 is 38.2. The lowest BCUT2D eigenvalue weighted by Crippen LogP contribution is -2.11. The van der Waals surface area contributed by atoms with Gasteiger partial charge in [0.15, 0.2) is 0 Å². The third-order valence-electron chi connectivity index (χ3n) is 3.41. The van der Waals surface area contributed by atoms with Crippen LogP contribution in [0.25, 0.3) is 0 Å². The zero-order valence-corrected chi connectivity index (χ0v) is 9.05. The van der Waals surface area contributed by atoms with Gasteiger partial charge in [-0.2, -0.15) is 13.2 Å². The Kier molecular flexibility index (Phi) is 2.28. The molecule has 0 saturated heterocycles. The van der Waals surface area contributed by atoms with E-state index in [0.717, 1.165) is 6.20 Å². The van der Waals surface area contributed by atoms with Crippen molar-refractivity contribution in [3.63, 3.8) is 0 Å². The number of alkyl halides is 3. The van der Waals surface area contributed by atoms with Crippen molar-refractivity contribution in [3.05, 3.63) is 29.6 Å². The zero-order valence-electron chi connectivity index (χ0n) is 9.05. The highest BCUT2D eigenvalue weighted by Gasteiger charge is 2.58. The molecule has 0 spiro atoms. The van der Waals surface area contributed by atoms with Crippen LogP contribution >= 0.6 is 0 Å². The molecule has 1 fully saturated rings. The lowest BCUT2D eigenvalue weighted by Gasteiger charge is -2.12. The Labute approximate surface area is 91.7 Å². The number of pyridine rings is 1. The van der Waals surface area contributed by atoms with Crippen molar-refractivity contribution in [2.75, 3.05) is 0 Å². The van der Waals surface area contributed by atoms with E-state index in [1.165, 1.54) is 12.3 Å². The number of nitrogens with two attached hydrogens (primary N) is 1. The minimum atomic E-state index is -4.36. The van der Waals surface area contributed by atoms with Crippen LogP contribution in [0.1, 0.15) is 30.9 Å².